The van der Waals surface area contributed by atoms with E-state index in [4.69, 9.17) is 14.2 Å². The fraction of sp³-hybridized carbons (Fsp3) is 0.458. The molecule has 2 aliphatic rings. The Kier molecular flexibility index (Phi) is 7.87. The third-order valence-corrected chi connectivity index (χ3v) is 6.33. The lowest BCUT2D eigenvalue weighted by molar-refractivity contribution is 0.164. The van der Waals surface area contributed by atoms with Crippen molar-refractivity contribution in [1.82, 2.24) is 24.8 Å². The van der Waals surface area contributed by atoms with Gasteiger partial charge in [-0.05, 0) is 49.7 Å². The van der Waals surface area contributed by atoms with Gasteiger partial charge in [0.1, 0.15) is 19.0 Å². The Bertz CT molecular complexity index is 1180. The maximum Gasteiger partial charge on any atom is 0.269 e. The van der Waals surface area contributed by atoms with E-state index in [0.717, 1.165) is 67.1 Å². The average Bonchev–Trinajstić information content (AvgIpc) is 2.87. The van der Waals surface area contributed by atoms with Crippen LogP contribution in [0.4, 0.5) is 0 Å². The zero-order valence-electron chi connectivity index (χ0n) is 19.2. The summed E-state index contributed by atoms with van der Waals surface area (Å²) in [5.74, 6) is 2.04. The molecule has 10 heteroatoms. The van der Waals surface area contributed by atoms with Crippen LogP contribution >= 0.6 is 12.4 Å². The average molecular weight is 488 g/mol. The molecular formula is C24H30ClN5O4. The molecule has 1 saturated heterocycles. The van der Waals surface area contributed by atoms with Gasteiger partial charge in [-0.2, -0.15) is 0 Å². The molecule has 3 aromatic rings. The van der Waals surface area contributed by atoms with Gasteiger partial charge >= 0.3 is 0 Å². The summed E-state index contributed by atoms with van der Waals surface area (Å²) in [5.41, 5.74) is 2.62. The zero-order valence-corrected chi connectivity index (χ0v) is 20.1. The van der Waals surface area contributed by atoms with Crippen LogP contribution in [-0.2, 0) is 13.1 Å². The summed E-state index contributed by atoms with van der Waals surface area (Å²) in [4.78, 5) is 23.5. The molecule has 0 aliphatic carbocycles. The van der Waals surface area contributed by atoms with Gasteiger partial charge in [-0.1, -0.05) is 0 Å². The second-order valence-electron chi connectivity index (χ2n) is 8.44. The molecule has 1 N–H and O–H groups in total. The maximum absolute atomic E-state index is 12.5. The molecule has 0 unspecified atom stereocenters. The lowest BCUT2D eigenvalue weighted by Crippen LogP contribution is -2.43. The van der Waals surface area contributed by atoms with Crippen LogP contribution < -0.4 is 25.1 Å². The van der Waals surface area contributed by atoms with E-state index < -0.39 is 0 Å². The largest absolute Gasteiger partial charge is 0.497 e. The Morgan fingerprint density at radius 2 is 1.91 bits per heavy atom. The molecule has 182 valence electrons. The standard InChI is InChI=1S/C24H29N5O4.ClH/c1-31-19-2-3-20-21(13-19)29(23(30)16-26-20)9-8-28-6-4-18(5-7-28)25-14-17-12-22-24(27-15-17)33-11-10-32-22;/h2-3,12-13,15-16,18,25H,4-11,14H2,1H3;1H. The fourth-order valence-electron chi connectivity index (χ4n) is 4.43. The fourth-order valence-corrected chi connectivity index (χ4v) is 4.43. The molecule has 0 radical (unpaired) electrons. The van der Waals surface area contributed by atoms with Gasteiger partial charge in [-0.15, -0.1) is 12.4 Å². The van der Waals surface area contributed by atoms with Crippen LogP contribution in [0.25, 0.3) is 11.0 Å². The number of hydrogen-bond donors (Lipinski definition) is 1. The highest BCUT2D eigenvalue weighted by Gasteiger charge is 2.20. The predicted molar refractivity (Wildman–Crippen MR) is 131 cm³/mol. The summed E-state index contributed by atoms with van der Waals surface area (Å²) < 4.78 is 18.2. The number of pyridine rings is 1. The molecule has 9 nitrogen and oxygen atoms in total. The number of fused-ring (bicyclic) bond motifs is 2. The minimum absolute atomic E-state index is 0. The first-order valence-corrected chi connectivity index (χ1v) is 11.4. The first kappa shape index (κ1) is 24.3. The van der Waals surface area contributed by atoms with Crippen molar-refractivity contribution in [1.29, 1.82) is 0 Å². The molecule has 0 atom stereocenters. The summed E-state index contributed by atoms with van der Waals surface area (Å²) >= 11 is 0. The van der Waals surface area contributed by atoms with Crippen molar-refractivity contribution in [2.75, 3.05) is 40.0 Å². The van der Waals surface area contributed by atoms with Crippen molar-refractivity contribution in [2.45, 2.75) is 32.0 Å². The van der Waals surface area contributed by atoms with Crippen LogP contribution in [0.1, 0.15) is 18.4 Å². The van der Waals surface area contributed by atoms with Crippen LogP contribution in [0.2, 0.25) is 0 Å². The lowest BCUT2D eigenvalue weighted by Gasteiger charge is -2.32. The number of benzene rings is 1. The molecule has 1 aromatic carbocycles. The number of halogens is 1. The molecule has 2 aliphatic heterocycles. The molecular weight excluding hydrogens is 458 g/mol. The van der Waals surface area contributed by atoms with Crippen LogP contribution in [0.15, 0.2) is 41.5 Å². The van der Waals surface area contributed by atoms with E-state index in [1.807, 2.05) is 30.5 Å². The number of likely N-dealkylation sites (tertiary alicyclic amines) is 1. The van der Waals surface area contributed by atoms with E-state index in [2.05, 4.69) is 20.2 Å². The predicted octanol–water partition coefficient (Wildman–Crippen LogP) is 2.25. The van der Waals surface area contributed by atoms with Gasteiger partial charge < -0.3 is 29.0 Å². The maximum atomic E-state index is 12.5. The topological polar surface area (TPSA) is 90.7 Å². The lowest BCUT2D eigenvalue weighted by atomic mass is 10.0. The van der Waals surface area contributed by atoms with E-state index in [1.165, 1.54) is 6.20 Å². The number of rotatable bonds is 7. The smallest absolute Gasteiger partial charge is 0.269 e. The molecule has 4 heterocycles. The van der Waals surface area contributed by atoms with Crippen molar-refractivity contribution < 1.29 is 14.2 Å². The summed E-state index contributed by atoms with van der Waals surface area (Å²) in [6, 6.07) is 8.10. The molecule has 2 aromatic heterocycles. The molecule has 5 rings (SSSR count). The summed E-state index contributed by atoms with van der Waals surface area (Å²) in [7, 11) is 1.63. The normalized spacial score (nSPS) is 16.3. The van der Waals surface area contributed by atoms with Crippen molar-refractivity contribution in [3.8, 4) is 17.4 Å². The Hall–Kier alpha value is -2.88. The molecule has 0 bridgehead atoms. The quantitative estimate of drug-likeness (QED) is 0.542. The Balaban J connectivity index is 0.00000274. The number of nitrogens with one attached hydrogen (secondary N) is 1. The highest BCUT2D eigenvalue weighted by Crippen LogP contribution is 2.28. The Labute approximate surface area is 204 Å². The van der Waals surface area contributed by atoms with Crippen molar-refractivity contribution in [2.24, 2.45) is 0 Å². The second-order valence-corrected chi connectivity index (χ2v) is 8.44. The van der Waals surface area contributed by atoms with Gasteiger partial charge in [-0.25, -0.2) is 9.97 Å². The number of nitrogens with zero attached hydrogens (tertiary/aromatic N) is 4. The van der Waals surface area contributed by atoms with Gasteiger partial charge in [0, 0.05) is 37.9 Å². The minimum Gasteiger partial charge on any atom is -0.497 e. The van der Waals surface area contributed by atoms with Crippen LogP contribution in [0.3, 0.4) is 0 Å². The molecule has 0 spiro atoms. The third kappa shape index (κ3) is 5.43. The van der Waals surface area contributed by atoms with Crippen LogP contribution in [0, 0.1) is 0 Å². The van der Waals surface area contributed by atoms with E-state index in [1.54, 1.807) is 11.7 Å². The van der Waals surface area contributed by atoms with E-state index in [0.29, 0.717) is 31.7 Å². The zero-order chi connectivity index (χ0) is 22.6. The highest BCUT2D eigenvalue weighted by molar-refractivity contribution is 5.85. The first-order valence-electron chi connectivity index (χ1n) is 11.4. The van der Waals surface area contributed by atoms with Crippen LogP contribution in [-0.4, -0.2) is 65.4 Å². The SMILES string of the molecule is COc1ccc2ncc(=O)n(CCN3CCC(NCc4cnc5c(c4)OCCO5)CC3)c2c1.Cl. The van der Waals surface area contributed by atoms with Crippen molar-refractivity contribution in [3.05, 3.63) is 52.6 Å². The third-order valence-electron chi connectivity index (χ3n) is 6.33. The number of methoxy groups -OCH3 is 1. The van der Waals surface area contributed by atoms with Gasteiger partial charge in [0.15, 0.2) is 5.75 Å². The first-order chi connectivity index (χ1) is 16.2. The van der Waals surface area contributed by atoms with E-state index in [9.17, 15) is 4.79 Å². The number of aromatic nitrogens is 3. The van der Waals surface area contributed by atoms with E-state index in [-0.39, 0.29) is 18.0 Å². The summed E-state index contributed by atoms with van der Waals surface area (Å²) in [6.07, 6.45) is 5.38. The molecule has 1 fully saturated rings. The monoisotopic (exact) mass is 487 g/mol. The van der Waals surface area contributed by atoms with Crippen molar-refractivity contribution >= 4 is 23.4 Å². The molecule has 0 amide bonds. The van der Waals surface area contributed by atoms with E-state index >= 15 is 0 Å². The summed E-state index contributed by atoms with van der Waals surface area (Å²) in [5, 5.41) is 3.64. The number of hydrogen-bond acceptors (Lipinski definition) is 8. The van der Waals surface area contributed by atoms with Gasteiger partial charge in [0.25, 0.3) is 11.4 Å². The Morgan fingerprint density at radius 1 is 1.09 bits per heavy atom. The van der Waals surface area contributed by atoms with Gasteiger partial charge in [0.2, 0.25) is 0 Å². The Morgan fingerprint density at radius 3 is 2.74 bits per heavy atom. The number of piperidine rings is 1. The number of ether oxygens (including phenoxy) is 3. The van der Waals surface area contributed by atoms with Crippen LogP contribution in [0.5, 0.6) is 17.4 Å². The second kappa shape index (κ2) is 11.0. The summed E-state index contributed by atoms with van der Waals surface area (Å²) in [6.45, 7) is 5.33. The molecule has 34 heavy (non-hydrogen) atoms. The highest BCUT2D eigenvalue weighted by atomic mass is 35.5. The molecule has 0 saturated carbocycles. The van der Waals surface area contributed by atoms with Gasteiger partial charge in [0.05, 0.1) is 24.3 Å². The van der Waals surface area contributed by atoms with Crippen molar-refractivity contribution in [3.63, 3.8) is 0 Å². The minimum atomic E-state index is -0.0830. The van der Waals surface area contributed by atoms with Gasteiger partial charge in [-0.3, -0.25) is 4.79 Å².